The molecule has 3 atom stereocenters. The Hall–Kier alpha value is -0.900. The van der Waals surface area contributed by atoms with Crippen molar-refractivity contribution < 1.29 is 0 Å². The Morgan fingerprint density at radius 1 is 1.39 bits per heavy atom. The van der Waals surface area contributed by atoms with Crippen LogP contribution in [0.15, 0.2) is 12.7 Å². The summed E-state index contributed by atoms with van der Waals surface area (Å²) in [4.78, 5) is 4.10. The average Bonchev–Trinajstić information content (AvgIpc) is 2.91. The van der Waals surface area contributed by atoms with Gasteiger partial charge in [0.15, 0.2) is 0 Å². The summed E-state index contributed by atoms with van der Waals surface area (Å²) in [5.41, 5.74) is 0.428. The van der Waals surface area contributed by atoms with Crippen molar-refractivity contribution in [2.75, 3.05) is 7.05 Å². The molecule has 1 aromatic heterocycles. The third-order valence-corrected chi connectivity index (χ3v) is 4.98. The predicted octanol–water partition coefficient (Wildman–Crippen LogP) is 2.64. The largest absolute Gasteiger partial charge is 0.315 e. The van der Waals surface area contributed by atoms with Gasteiger partial charge in [0, 0.05) is 6.04 Å². The minimum Gasteiger partial charge on any atom is -0.315 e. The summed E-state index contributed by atoms with van der Waals surface area (Å²) in [6.45, 7) is 7.10. The van der Waals surface area contributed by atoms with E-state index in [9.17, 15) is 0 Å². The van der Waals surface area contributed by atoms with Crippen LogP contribution in [0.5, 0.6) is 0 Å². The van der Waals surface area contributed by atoms with E-state index in [0.717, 1.165) is 5.92 Å². The van der Waals surface area contributed by atoms with E-state index in [0.29, 0.717) is 17.5 Å². The molecule has 1 N–H and O–H groups in total. The van der Waals surface area contributed by atoms with Gasteiger partial charge in [-0.2, -0.15) is 5.10 Å². The fraction of sp³-hybridized carbons (Fsp3) is 0.857. The molecule has 0 amide bonds. The summed E-state index contributed by atoms with van der Waals surface area (Å²) in [6, 6.07) is 0.970. The maximum atomic E-state index is 4.35. The number of likely N-dealkylation sites (N-methyl/N-ethyl adjacent to an activating group) is 1. The van der Waals surface area contributed by atoms with E-state index in [1.807, 2.05) is 11.0 Å². The molecule has 1 heterocycles. The SMILES string of the molecule is CCC(C)(C)C1CCC(NC)C(n2cncn2)C1. The van der Waals surface area contributed by atoms with E-state index in [1.165, 1.54) is 25.7 Å². The van der Waals surface area contributed by atoms with Gasteiger partial charge in [0.05, 0.1) is 6.04 Å². The summed E-state index contributed by atoms with van der Waals surface area (Å²) < 4.78 is 2.04. The lowest BCUT2D eigenvalue weighted by Crippen LogP contribution is -2.43. The second-order valence-electron chi connectivity index (χ2n) is 6.19. The normalized spacial score (nSPS) is 29.4. The predicted molar refractivity (Wildman–Crippen MR) is 73.3 cm³/mol. The number of nitrogens with one attached hydrogen (secondary N) is 1. The Labute approximate surface area is 110 Å². The third kappa shape index (κ3) is 2.58. The molecular weight excluding hydrogens is 224 g/mol. The highest BCUT2D eigenvalue weighted by atomic mass is 15.3. The maximum Gasteiger partial charge on any atom is 0.137 e. The molecule has 0 spiro atoms. The zero-order valence-electron chi connectivity index (χ0n) is 12.1. The fourth-order valence-electron chi connectivity index (χ4n) is 3.16. The van der Waals surface area contributed by atoms with Gasteiger partial charge >= 0.3 is 0 Å². The first-order chi connectivity index (χ1) is 8.58. The standard InChI is InChI=1S/C14H26N4/c1-5-14(2,3)11-6-7-12(15-4)13(8-11)18-10-16-9-17-18/h9-13,15H,5-8H2,1-4H3. The summed E-state index contributed by atoms with van der Waals surface area (Å²) >= 11 is 0. The first-order valence-electron chi connectivity index (χ1n) is 7.10. The molecule has 2 rings (SSSR count). The van der Waals surface area contributed by atoms with Crippen LogP contribution in [0.3, 0.4) is 0 Å². The zero-order chi connectivity index (χ0) is 13.2. The molecular formula is C14H26N4. The van der Waals surface area contributed by atoms with Gasteiger partial charge in [0.25, 0.3) is 0 Å². The van der Waals surface area contributed by atoms with Crippen LogP contribution >= 0.6 is 0 Å². The van der Waals surface area contributed by atoms with Crippen molar-refractivity contribution in [2.24, 2.45) is 11.3 Å². The van der Waals surface area contributed by atoms with Crippen LogP contribution in [0.25, 0.3) is 0 Å². The van der Waals surface area contributed by atoms with Gasteiger partial charge in [-0.05, 0) is 37.6 Å². The molecule has 0 bridgehead atoms. The van der Waals surface area contributed by atoms with Gasteiger partial charge < -0.3 is 5.32 Å². The Morgan fingerprint density at radius 3 is 2.72 bits per heavy atom. The minimum atomic E-state index is 0.428. The van der Waals surface area contributed by atoms with Gasteiger partial charge in [0.2, 0.25) is 0 Å². The minimum absolute atomic E-state index is 0.428. The quantitative estimate of drug-likeness (QED) is 0.893. The van der Waals surface area contributed by atoms with Crippen LogP contribution < -0.4 is 5.32 Å². The number of hydrogen-bond donors (Lipinski definition) is 1. The first-order valence-corrected chi connectivity index (χ1v) is 7.10. The summed E-state index contributed by atoms with van der Waals surface area (Å²) in [5, 5.41) is 7.79. The third-order valence-electron chi connectivity index (χ3n) is 4.98. The van der Waals surface area contributed by atoms with Gasteiger partial charge in [-0.25, -0.2) is 9.67 Å². The van der Waals surface area contributed by atoms with Gasteiger partial charge in [-0.15, -0.1) is 0 Å². The second-order valence-corrected chi connectivity index (χ2v) is 6.19. The van der Waals surface area contributed by atoms with Crippen molar-refractivity contribution in [3.63, 3.8) is 0 Å². The van der Waals surface area contributed by atoms with Gasteiger partial charge in [0.1, 0.15) is 12.7 Å². The van der Waals surface area contributed by atoms with Crippen molar-refractivity contribution in [1.29, 1.82) is 0 Å². The van der Waals surface area contributed by atoms with Crippen molar-refractivity contribution in [3.8, 4) is 0 Å². The molecule has 4 heteroatoms. The lowest BCUT2D eigenvalue weighted by molar-refractivity contribution is 0.0982. The molecule has 18 heavy (non-hydrogen) atoms. The summed E-state index contributed by atoms with van der Waals surface area (Å²) in [6.07, 6.45) is 8.49. The monoisotopic (exact) mass is 250 g/mol. The lowest BCUT2D eigenvalue weighted by atomic mass is 9.67. The average molecular weight is 250 g/mol. The highest BCUT2D eigenvalue weighted by molar-refractivity contribution is 4.92. The number of rotatable bonds is 4. The topological polar surface area (TPSA) is 42.7 Å². The smallest absolute Gasteiger partial charge is 0.137 e. The molecule has 4 nitrogen and oxygen atoms in total. The lowest BCUT2D eigenvalue weighted by Gasteiger charge is -2.42. The van der Waals surface area contributed by atoms with Crippen molar-refractivity contribution in [3.05, 3.63) is 12.7 Å². The highest BCUT2D eigenvalue weighted by Gasteiger charge is 2.37. The first kappa shape index (κ1) is 13.5. The summed E-state index contributed by atoms with van der Waals surface area (Å²) in [7, 11) is 2.06. The molecule has 0 aliphatic heterocycles. The van der Waals surface area contributed by atoms with Gasteiger partial charge in [-0.3, -0.25) is 0 Å². The number of nitrogens with zero attached hydrogens (tertiary/aromatic N) is 3. The van der Waals surface area contributed by atoms with E-state index in [4.69, 9.17) is 0 Å². The van der Waals surface area contributed by atoms with Crippen LogP contribution in [0.2, 0.25) is 0 Å². The van der Waals surface area contributed by atoms with E-state index in [-0.39, 0.29) is 0 Å². The van der Waals surface area contributed by atoms with Crippen molar-refractivity contribution in [1.82, 2.24) is 20.1 Å². The Morgan fingerprint density at radius 2 is 2.17 bits per heavy atom. The second kappa shape index (κ2) is 5.39. The fourth-order valence-corrected chi connectivity index (χ4v) is 3.16. The zero-order valence-corrected chi connectivity index (χ0v) is 12.1. The maximum absolute atomic E-state index is 4.35. The molecule has 102 valence electrons. The van der Waals surface area contributed by atoms with Crippen LogP contribution in [0.1, 0.15) is 52.5 Å². The molecule has 1 aliphatic rings. The highest BCUT2D eigenvalue weighted by Crippen LogP contribution is 2.43. The summed E-state index contributed by atoms with van der Waals surface area (Å²) in [5.74, 6) is 0.779. The van der Waals surface area contributed by atoms with E-state index in [1.54, 1.807) is 6.33 Å². The Bertz CT molecular complexity index is 358. The number of aromatic nitrogens is 3. The molecule has 0 aromatic carbocycles. The number of hydrogen-bond acceptors (Lipinski definition) is 3. The van der Waals surface area contributed by atoms with Crippen LogP contribution in [0, 0.1) is 11.3 Å². The molecule has 1 aromatic rings. The molecule has 0 radical (unpaired) electrons. The Balaban J connectivity index is 2.15. The molecule has 3 unspecified atom stereocenters. The van der Waals surface area contributed by atoms with E-state index >= 15 is 0 Å². The molecule has 1 aliphatic carbocycles. The van der Waals surface area contributed by atoms with E-state index < -0.39 is 0 Å². The molecule has 1 fully saturated rings. The molecule has 1 saturated carbocycles. The molecule has 0 saturated heterocycles. The van der Waals surface area contributed by atoms with Crippen molar-refractivity contribution >= 4 is 0 Å². The van der Waals surface area contributed by atoms with Crippen LogP contribution in [-0.2, 0) is 0 Å². The van der Waals surface area contributed by atoms with Crippen LogP contribution in [0.4, 0.5) is 0 Å². The van der Waals surface area contributed by atoms with Crippen LogP contribution in [-0.4, -0.2) is 27.9 Å². The van der Waals surface area contributed by atoms with Gasteiger partial charge in [-0.1, -0.05) is 27.2 Å². The van der Waals surface area contributed by atoms with Crippen molar-refractivity contribution in [2.45, 2.75) is 58.5 Å². The van der Waals surface area contributed by atoms with E-state index in [2.05, 4.69) is 43.2 Å². The Kier molecular flexibility index (Phi) is 4.05.